The second-order valence-electron chi connectivity index (χ2n) is 4.18. The van der Waals surface area contributed by atoms with E-state index < -0.39 is 0 Å². The summed E-state index contributed by atoms with van der Waals surface area (Å²) in [5.74, 6) is 5.62. The Morgan fingerprint density at radius 3 is 2.67 bits per heavy atom. The van der Waals surface area contributed by atoms with Crippen molar-refractivity contribution in [2.75, 3.05) is 0 Å². The van der Waals surface area contributed by atoms with Gasteiger partial charge in [-0.3, -0.25) is 16.0 Å². The van der Waals surface area contributed by atoms with E-state index in [4.69, 9.17) is 17.4 Å². The molecule has 1 heterocycles. The summed E-state index contributed by atoms with van der Waals surface area (Å²) in [5, 5.41) is 4.99. The molecule has 4 nitrogen and oxygen atoms in total. The zero-order valence-corrected chi connectivity index (χ0v) is 11.1. The van der Waals surface area contributed by atoms with Crippen LogP contribution in [0.1, 0.15) is 24.1 Å². The highest BCUT2D eigenvalue weighted by atomic mass is 35.5. The van der Waals surface area contributed by atoms with Gasteiger partial charge in [-0.05, 0) is 36.6 Å². The minimum absolute atomic E-state index is 0.0665. The number of hydrazine groups is 1. The maximum absolute atomic E-state index is 5.88. The van der Waals surface area contributed by atoms with Crippen LogP contribution in [0.25, 0.3) is 0 Å². The lowest BCUT2D eigenvalue weighted by Crippen LogP contribution is -2.29. The van der Waals surface area contributed by atoms with Crippen molar-refractivity contribution in [3.63, 3.8) is 0 Å². The second-order valence-corrected chi connectivity index (χ2v) is 4.62. The normalized spacial score (nSPS) is 12.6. The third kappa shape index (κ3) is 3.10. The topological polar surface area (TPSA) is 55.9 Å². The molecular formula is C13H17ClN4. The molecule has 3 N–H and O–H groups in total. The van der Waals surface area contributed by atoms with Gasteiger partial charge in [0.1, 0.15) is 0 Å². The van der Waals surface area contributed by atoms with Gasteiger partial charge in [0.15, 0.2) is 0 Å². The molecule has 2 rings (SSSR count). The molecule has 1 unspecified atom stereocenters. The standard InChI is InChI=1S/C13H17ClN4/c1-2-18-9-10(8-16-18)7-13(17-15)11-3-5-12(14)6-4-11/h3-6,8-9,13,17H,2,7,15H2,1H3. The van der Waals surface area contributed by atoms with Crippen LogP contribution in [0, 0.1) is 0 Å². The maximum atomic E-state index is 5.88. The highest BCUT2D eigenvalue weighted by Crippen LogP contribution is 2.19. The van der Waals surface area contributed by atoms with Gasteiger partial charge in [-0.2, -0.15) is 5.10 Å². The zero-order valence-electron chi connectivity index (χ0n) is 10.3. The van der Waals surface area contributed by atoms with E-state index in [1.54, 1.807) is 0 Å². The minimum atomic E-state index is 0.0665. The lowest BCUT2D eigenvalue weighted by molar-refractivity contribution is 0.551. The van der Waals surface area contributed by atoms with Gasteiger partial charge in [0.05, 0.1) is 12.2 Å². The molecule has 0 saturated heterocycles. The molecule has 1 atom stereocenters. The van der Waals surface area contributed by atoms with Crippen molar-refractivity contribution in [3.05, 3.63) is 52.8 Å². The number of halogens is 1. The SMILES string of the molecule is CCn1cc(CC(NN)c2ccc(Cl)cc2)cn1. The fraction of sp³-hybridized carbons (Fsp3) is 0.308. The summed E-state index contributed by atoms with van der Waals surface area (Å²) in [6.07, 6.45) is 4.72. The van der Waals surface area contributed by atoms with Crippen LogP contribution >= 0.6 is 11.6 Å². The molecule has 0 amide bonds. The average molecular weight is 265 g/mol. The predicted molar refractivity (Wildman–Crippen MR) is 73.1 cm³/mol. The van der Waals surface area contributed by atoms with Gasteiger partial charge < -0.3 is 0 Å². The maximum Gasteiger partial charge on any atom is 0.0522 e. The van der Waals surface area contributed by atoms with Crippen LogP contribution in [0.4, 0.5) is 0 Å². The van der Waals surface area contributed by atoms with Crippen LogP contribution in [0.5, 0.6) is 0 Å². The van der Waals surface area contributed by atoms with Crippen molar-refractivity contribution in [1.29, 1.82) is 0 Å². The van der Waals surface area contributed by atoms with Crippen LogP contribution < -0.4 is 11.3 Å². The Balaban J connectivity index is 2.11. The van der Waals surface area contributed by atoms with Gasteiger partial charge in [-0.15, -0.1) is 0 Å². The lowest BCUT2D eigenvalue weighted by atomic mass is 10.0. The van der Waals surface area contributed by atoms with Crippen LogP contribution in [-0.4, -0.2) is 9.78 Å². The summed E-state index contributed by atoms with van der Waals surface area (Å²) in [5.41, 5.74) is 5.11. The van der Waals surface area contributed by atoms with Crippen LogP contribution in [0.2, 0.25) is 5.02 Å². The fourth-order valence-electron chi connectivity index (χ4n) is 1.89. The Morgan fingerprint density at radius 1 is 1.39 bits per heavy atom. The molecule has 0 bridgehead atoms. The molecule has 0 fully saturated rings. The summed E-state index contributed by atoms with van der Waals surface area (Å²) in [4.78, 5) is 0. The molecule has 1 aromatic heterocycles. The van der Waals surface area contributed by atoms with Gasteiger partial charge >= 0.3 is 0 Å². The number of nitrogens with two attached hydrogens (primary N) is 1. The summed E-state index contributed by atoms with van der Waals surface area (Å²) in [6, 6.07) is 7.78. The van der Waals surface area contributed by atoms with Crippen LogP contribution in [0.15, 0.2) is 36.7 Å². The van der Waals surface area contributed by atoms with E-state index in [1.807, 2.05) is 41.3 Å². The first-order chi connectivity index (χ1) is 8.72. The molecule has 0 radical (unpaired) electrons. The molecule has 0 aliphatic rings. The Kier molecular flexibility index (Phi) is 4.36. The molecule has 0 spiro atoms. The zero-order chi connectivity index (χ0) is 13.0. The highest BCUT2D eigenvalue weighted by molar-refractivity contribution is 6.30. The summed E-state index contributed by atoms with van der Waals surface area (Å²) >= 11 is 5.88. The smallest absolute Gasteiger partial charge is 0.0522 e. The molecule has 2 aromatic rings. The van der Waals surface area contributed by atoms with Gasteiger partial charge in [0, 0.05) is 17.8 Å². The Hall–Kier alpha value is -1.36. The van der Waals surface area contributed by atoms with E-state index in [0.29, 0.717) is 0 Å². The van der Waals surface area contributed by atoms with Crippen molar-refractivity contribution in [2.45, 2.75) is 25.9 Å². The molecule has 96 valence electrons. The van der Waals surface area contributed by atoms with E-state index in [1.165, 1.54) is 0 Å². The number of hydrogen-bond donors (Lipinski definition) is 2. The van der Waals surface area contributed by atoms with E-state index >= 15 is 0 Å². The van der Waals surface area contributed by atoms with Crippen molar-refractivity contribution in [3.8, 4) is 0 Å². The quantitative estimate of drug-likeness (QED) is 0.644. The molecule has 0 aliphatic heterocycles. The van der Waals surface area contributed by atoms with Crippen LogP contribution in [0.3, 0.4) is 0 Å². The second kappa shape index (κ2) is 6.00. The first kappa shape index (κ1) is 13.1. The summed E-state index contributed by atoms with van der Waals surface area (Å²) in [7, 11) is 0. The molecule has 5 heteroatoms. The third-order valence-electron chi connectivity index (χ3n) is 2.92. The van der Waals surface area contributed by atoms with Crippen molar-refractivity contribution >= 4 is 11.6 Å². The third-order valence-corrected chi connectivity index (χ3v) is 3.18. The Morgan fingerprint density at radius 2 is 2.11 bits per heavy atom. The lowest BCUT2D eigenvalue weighted by Gasteiger charge is -2.15. The number of hydrogen-bond acceptors (Lipinski definition) is 3. The molecule has 18 heavy (non-hydrogen) atoms. The van der Waals surface area contributed by atoms with Gasteiger partial charge in [0.25, 0.3) is 0 Å². The Labute approximate surface area is 112 Å². The fourth-order valence-corrected chi connectivity index (χ4v) is 2.01. The first-order valence-corrected chi connectivity index (χ1v) is 6.33. The summed E-state index contributed by atoms with van der Waals surface area (Å²) in [6.45, 7) is 2.94. The molecule has 0 aliphatic carbocycles. The highest BCUT2D eigenvalue weighted by Gasteiger charge is 2.11. The molecular weight excluding hydrogens is 248 g/mol. The van der Waals surface area contributed by atoms with Crippen molar-refractivity contribution < 1.29 is 0 Å². The van der Waals surface area contributed by atoms with Crippen LogP contribution in [-0.2, 0) is 13.0 Å². The van der Waals surface area contributed by atoms with Crippen molar-refractivity contribution in [1.82, 2.24) is 15.2 Å². The first-order valence-electron chi connectivity index (χ1n) is 5.96. The minimum Gasteiger partial charge on any atom is -0.273 e. The van der Waals surface area contributed by atoms with E-state index in [2.05, 4.69) is 17.4 Å². The summed E-state index contributed by atoms with van der Waals surface area (Å²) < 4.78 is 1.91. The monoisotopic (exact) mass is 264 g/mol. The van der Waals surface area contributed by atoms with Gasteiger partial charge in [-0.1, -0.05) is 23.7 Å². The number of benzene rings is 1. The van der Waals surface area contributed by atoms with E-state index in [9.17, 15) is 0 Å². The Bertz CT molecular complexity index is 492. The van der Waals surface area contributed by atoms with E-state index in [-0.39, 0.29) is 6.04 Å². The number of aryl methyl sites for hydroxylation is 1. The molecule has 1 aromatic carbocycles. The van der Waals surface area contributed by atoms with E-state index in [0.717, 1.165) is 29.1 Å². The number of rotatable bonds is 5. The van der Waals surface area contributed by atoms with Crippen molar-refractivity contribution in [2.24, 2.45) is 5.84 Å². The average Bonchev–Trinajstić information content (AvgIpc) is 2.85. The molecule has 0 saturated carbocycles. The predicted octanol–water partition coefficient (Wildman–Crippen LogP) is 2.30. The largest absolute Gasteiger partial charge is 0.273 e. The van der Waals surface area contributed by atoms with Gasteiger partial charge in [-0.25, -0.2) is 0 Å². The number of aromatic nitrogens is 2. The number of nitrogens with one attached hydrogen (secondary N) is 1. The van der Waals surface area contributed by atoms with Gasteiger partial charge in [0.2, 0.25) is 0 Å². The number of nitrogens with zero attached hydrogens (tertiary/aromatic N) is 2.